The molecular weight excluding hydrogens is 545 g/mol. The van der Waals surface area contributed by atoms with Gasteiger partial charge in [-0.1, -0.05) is 35.3 Å². The van der Waals surface area contributed by atoms with Crippen LogP contribution < -0.4 is 19.1 Å². The fraction of sp³-hybridized carbons (Fsp3) is 0.310. The zero-order valence-electron chi connectivity index (χ0n) is 22.0. The van der Waals surface area contributed by atoms with Crippen molar-refractivity contribution >= 4 is 40.8 Å². The Morgan fingerprint density at radius 3 is 2.41 bits per heavy atom. The highest BCUT2D eigenvalue weighted by atomic mass is 35.5. The summed E-state index contributed by atoms with van der Waals surface area (Å²) >= 11 is 13.2. The van der Waals surface area contributed by atoms with Crippen LogP contribution in [0.3, 0.4) is 0 Å². The fourth-order valence-electron chi connectivity index (χ4n) is 4.52. The molecule has 1 aliphatic rings. The van der Waals surface area contributed by atoms with Crippen LogP contribution in [-0.4, -0.2) is 45.9 Å². The molecule has 1 amide bonds. The van der Waals surface area contributed by atoms with Gasteiger partial charge in [0.2, 0.25) is 0 Å². The van der Waals surface area contributed by atoms with Crippen molar-refractivity contribution in [2.75, 3.05) is 32.8 Å². The minimum absolute atomic E-state index is 0.127. The second kappa shape index (κ2) is 12.6. The highest BCUT2D eigenvalue weighted by molar-refractivity contribution is 6.33. The van der Waals surface area contributed by atoms with E-state index in [9.17, 15) is 9.59 Å². The predicted molar refractivity (Wildman–Crippen MR) is 148 cm³/mol. The third-order valence-corrected chi connectivity index (χ3v) is 7.02. The standard InChI is InChI=1S/C29H29Cl2NO7/c1-5-38-26(33)15-25-29(34)32(16-17-9-11-19(35-2)14-24(17)37-4)22-12-10-18(30)13-21(22)28(39-25)20-7-6-8-23(36-3)27(20)31/h6-14,25,28H,5,15-16H2,1-4H3/t25-,28-/m0/s1. The monoisotopic (exact) mass is 573 g/mol. The summed E-state index contributed by atoms with van der Waals surface area (Å²) in [4.78, 5) is 28.2. The van der Waals surface area contributed by atoms with Crippen molar-refractivity contribution in [2.24, 2.45) is 0 Å². The fourth-order valence-corrected chi connectivity index (χ4v) is 5.00. The van der Waals surface area contributed by atoms with E-state index in [0.717, 1.165) is 5.56 Å². The second-order valence-corrected chi connectivity index (χ2v) is 9.50. The molecule has 10 heteroatoms. The van der Waals surface area contributed by atoms with Crippen molar-refractivity contribution in [3.8, 4) is 17.2 Å². The summed E-state index contributed by atoms with van der Waals surface area (Å²) in [6, 6.07) is 15.8. The number of nitrogens with zero attached hydrogens (tertiary/aromatic N) is 1. The van der Waals surface area contributed by atoms with E-state index in [-0.39, 0.29) is 19.6 Å². The molecule has 0 aliphatic carbocycles. The van der Waals surface area contributed by atoms with E-state index in [2.05, 4.69) is 0 Å². The number of ether oxygens (including phenoxy) is 5. The smallest absolute Gasteiger partial charge is 0.308 e. The molecular formula is C29H29Cl2NO7. The van der Waals surface area contributed by atoms with E-state index < -0.39 is 24.1 Å². The Labute approximate surface area is 237 Å². The van der Waals surface area contributed by atoms with Gasteiger partial charge in [-0.05, 0) is 43.3 Å². The zero-order valence-corrected chi connectivity index (χ0v) is 23.5. The number of amides is 1. The maximum Gasteiger partial charge on any atom is 0.308 e. The third kappa shape index (κ3) is 6.08. The first-order valence-electron chi connectivity index (χ1n) is 12.3. The van der Waals surface area contributed by atoms with Crippen LogP contribution in [0, 0.1) is 0 Å². The molecule has 0 bridgehead atoms. The largest absolute Gasteiger partial charge is 0.497 e. The molecule has 0 saturated heterocycles. The first kappa shape index (κ1) is 28.5. The van der Waals surface area contributed by atoms with Gasteiger partial charge in [0.1, 0.15) is 29.5 Å². The normalized spacial score (nSPS) is 16.8. The van der Waals surface area contributed by atoms with Crippen molar-refractivity contribution in [1.29, 1.82) is 0 Å². The molecule has 4 rings (SSSR count). The molecule has 0 unspecified atom stereocenters. The minimum atomic E-state index is -1.17. The Bertz CT molecular complexity index is 1360. The second-order valence-electron chi connectivity index (χ2n) is 8.68. The first-order chi connectivity index (χ1) is 18.8. The molecule has 2 atom stereocenters. The zero-order chi connectivity index (χ0) is 28.1. The maximum absolute atomic E-state index is 14.1. The number of benzene rings is 3. The van der Waals surface area contributed by atoms with Gasteiger partial charge in [0.15, 0.2) is 0 Å². The molecule has 0 spiro atoms. The van der Waals surface area contributed by atoms with Gasteiger partial charge in [-0.15, -0.1) is 0 Å². The lowest BCUT2D eigenvalue weighted by atomic mass is 9.98. The topological polar surface area (TPSA) is 83.5 Å². The minimum Gasteiger partial charge on any atom is -0.497 e. The molecule has 1 aliphatic heterocycles. The van der Waals surface area contributed by atoms with Crippen LogP contribution in [0.4, 0.5) is 5.69 Å². The number of hydrogen-bond acceptors (Lipinski definition) is 7. The Morgan fingerprint density at radius 1 is 0.949 bits per heavy atom. The summed E-state index contributed by atoms with van der Waals surface area (Å²) < 4.78 is 27.9. The number of halogens is 2. The number of rotatable bonds is 9. The van der Waals surface area contributed by atoms with Gasteiger partial charge in [-0.2, -0.15) is 0 Å². The Kier molecular flexibility index (Phi) is 9.22. The molecule has 8 nitrogen and oxygen atoms in total. The van der Waals surface area contributed by atoms with Crippen LogP contribution in [0.25, 0.3) is 0 Å². The highest BCUT2D eigenvalue weighted by Crippen LogP contribution is 2.44. The van der Waals surface area contributed by atoms with Gasteiger partial charge in [0.25, 0.3) is 5.91 Å². The molecule has 0 radical (unpaired) electrons. The van der Waals surface area contributed by atoms with Crippen LogP contribution in [0.15, 0.2) is 54.6 Å². The van der Waals surface area contributed by atoms with Gasteiger partial charge in [-0.3, -0.25) is 9.59 Å². The lowest BCUT2D eigenvalue weighted by molar-refractivity contribution is -0.151. The van der Waals surface area contributed by atoms with E-state index in [1.165, 1.54) is 7.11 Å². The Balaban J connectivity index is 1.88. The number of methoxy groups -OCH3 is 3. The Hall–Kier alpha value is -3.46. The summed E-state index contributed by atoms with van der Waals surface area (Å²) in [5.41, 5.74) is 2.44. The number of carbonyl (C=O) groups is 2. The molecule has 1 heterocycles. The summed E-state index contributed by atoms with van der Waals surface area (Å²) in [5.74, 6) is 0.611. The predicted octanol–water partition coefficient (Wildman–Crippen LogP) is 5.99. The van der Waals surface area contributed by atoms with Crippen LogP contribution >= 0.6 is 23.2 Å². The summed E-state index contributed by atoms with van der Waals surface area (Å²) in [6.07, 6.45) is -2.30. The summed E-state index contributed by atoms with van der Waals surface area (Å²) in [6.45, 7) is 2.00. The van der Waals surface area contributed by atoms with Crippen molar-refractivity contribution in [3.05, 3.63) is 81.3 Å². The average Bonchev–Trinajstić information content (AvgIpc) is 3.04. The summed E-state index contributed by atoms with van der Waals surface area (Å²) in [5, 5.41) is 0.767. The van der Waals surface area contributed by atoms with Crippen LogP contribution in [-0.2, 0) is 25.6 Å². The SMILES string of the molecule is CCOC(=O)C[C@@H]1O[C@@H](c2cccc(OC)c2Cl)c2cc(Cl)ccc2N(Cc2ccc(OC)cc2OC)C1=O. The van der Waals surface area contributed by atoms with Crippen molar-refractivity contribution in [2.45, 2.75) is 32.1 Å². The Morgan fingerprint density at radius 2 is 1.72 bits per heavy atom. The number of anilines is 1. The molecule has 39 heavy (non-hydrogen) atoms. The van der Waals surface area contributed by atoms with E-state index in [1.807, 2.05) is 6.07 Å². The molecule has 0 saturated carbocycles. The summed E-state index contributed by atoms with van der Waals surface area (Å²) in [7, 11) is 4.62. The number of fused-ring (bicyclic) bond motifs is 1. The lowest BCUT2D eigenvalue weighted by Crippen LogP contribution is -2.40. The van der Waals surface area contributed by atoms with Gasteiger partial charge in [-0.25, -0.2) is 0 Å². The third-order valence-electron chi connectivity index (χ3n) is 6.38. The molecule has 3 aromatic carbocycles. The molecule has 3 aromatic rings. The van der Waals surface area contributed by atoms with Crippen LogP contribution in [0.1, 0.15) is 36.1 Å². The maximum atomic E-state index is 14.1. The number of hydrogen-bond donors (Lipinski definition) is 0. The lowest BCUT2D eigenvalue weighted by Gasteiger charge is -2.26. The van der Waals surface area contributed by atoms with Gasteiger partial charge in [0.05, 0.1) is 51.6 Å². The van der Waals surface area contributed by atoms with Gasteiger partial charge < -0.3 is 28.6 Å². The average molecular weight is 574 g/mol. The van der Waals surface area contributed by atoms with E-state index in [4.69, 9.17) is 46.9 Å². The highest BCUT2D eigenvalue weighted by Gasteiger charge is 2.39. The molecule has 206 valence electrons. The van der Waals surface area contributed by atoms with Gasteiger partial charge in [0, 0.05) is 27.8 Å². The number of carbonyl (C=O) groups excluding carboxylic acids is 2. The van der Waals surface area contributed by atoms with E-state index in [1.54, 1.807) is 74.6 Å². The van der Waals surface area contributed by atoms with E-state index >= 15 is 0 Å². The van der Waals surface area contributed by atoms with Crippen LogP contribution in [0.5, 0.6) is 17.2 Å². The van der Waals surface area contributed by atoms with Crippen molar-refractivity contribution in [3.63, 3.8) is 0 Å². The molecule has 0 fully saturated rings. The van der Waals surface area contributed by atoms with Crippen molar-refractivity contribution in [1.82, 2.24) is 0 Å². The molecule has 0 N–H and O–H groups in total. The first-order valence-corrected chi connectivity index (χ1v) is 13.0. The van der Waals surface area contributed by atoms with Gasteiger partial charge >= 0.3 is 5.97 Å². The molecule has 0 aromatic heterocycles. The van der Waals surface area contributed by atoms with E-state index in [0.29, 0.717) is 44.1 Å². The number of esters is 1. The van der Waals surface area contributed by atoms with Crippen molar-refractivity contribution < 1.29 is 33.3 Å². The quantitative estimate of drug-likeness (QED) is 0.290. The van der Waals surface area contributed by atoms with Crippen LogP contribution in [0.2, 0.25) is 10.0 Å².